The van der Waals surface area contributed by atoms with E-state index in [2.05, 4.69) is 9.98 Å². The first-order chi connectivity index (χ1) is 10.1. The summed E-state index contributed by atoms with van der Waals surface area (Å²) in [5, 5.41) is 0. The third-order valence-electron chi connectivity index (χ3n) is 3.38. The zero-order valence-electron chi connectivity index (χ0n) is 11.8. The summed E-state index contributed by atoms with van der Waals surface area (Å²) >= 11 is 0. The van der Waals surface area contributed by atoms with Gasteiger partial charge in [-0.05, 0) is 24.6 Å². The van der Waals surface area contributed by atoms with Gasteiger partial charge in [0.1, 0.15) is 0 Å². The second kappa shape index (κ2) is 5.28. The van der Waals surface area contributed by atoms with E-state index in [0.29, 0.717) is 5.96 Å². The molecule has 5 heteroatoms. The number of aliphatic imine (C=N–C) groups is 2. The van der Waals surface area contributed by atoms with Crippen LogP contribution in [0.15, 0.2) is 64.6 Å². The van der Waals surface area contributed by atoms with Crippen LogP contribution in [0.1, 0.15) is 17.3 Å². The molecule has 1 aliphatic heterocycles. The van der Waals surface area contributed by atoms with Crippen LogP contribution in [-0.2, 0) is 0 Å². The molecule has 2 aromatic carbocycles. The van der Waals surface area contributed by atoms with Crippen LogP contribution in [0.2, 0.25) is 0 Å². The fourth-order valence-corrected chi connectivity index (χ4v) is 2.34. The molecule has 1 aliphatic rings. The van der Waals surface area contributed by atoms with Crippen molar-refractivity contribution >= 4 is 17.6 Å². The Morgan fingerprint density at radius 3 is 2.29 bits per heavy atom. The zero-order valence-corrected chi connectivity index (χ0v) is 11.8. The van der Waals surface area contributed by atoms with Crippen molar-refractivity contribution in [3.63, 3.8) is 0 Å². The highest BCUT2D eigenvalue weighted by atomic mass is 15.4. The number of benzene rings is 2. The van der Waals surface area contributed by atoms with E-state index in [1.54, 1.807) is 0 Å². The molecule has 3 rings (SSSR count). The van der Waals surface area contributed by atoms with Crippen molar-refractivity contribution in [3.8, 4) is 0 Å². The number of rotatable bonds is 2. The molecule has 0 bridgehead atoms. The van der Waals surface area contributed by atoms with Crippen LogP contribution in [0.4, 0.5) is 5.69 Å². The van der Waals surface area contributed by atoms with Crippen molar-refractivity contribution in [1.29, 1.82) is 0 Å². The minimum atomic E-state index is -0.300. The maximum absolute atomic E-state index is 6.08. The van der Waals surface area contributed by atoms with E-state index >= 15 is 0 Å². The number of hydrogen-bond donors (Lipinski definition) is 2. The number of nitrogens with two attached hydrogens (primary N) is 2. The SMILES string of the molecule is Cc1ccc(N2C(N)=NC(N)=N[C@H]2c2ccccc2)cc1. The second-order valence-electron chi connectivity index (χ2n) is 4.95. The van der Waals surface area contributed by atoms with Gasteiger partial charge in [-0.2, -0.15) is 4.99 Å². The predicted molar refractivity (Wildman–Crippen MR) is 86.1 cm³/mol. The largest absolute Gasteiger partial charge is 0.369 e. The summed E-state index contributed by atoms with van der Waals surface area (Å²) in [5.41, 5.74) is 15.0. The lowest BCUT2D eigenvalue weighted by molar-refractivity contribution is 0.736. The van der Waals surface area contributed by atoms with Crippen LogP contribution >= 0.6 is 0 Å². The third-order valence-corrected chi connectivity index (χ3v) is 3.38. The molecule has 0 saturated carbocycles. The normalized spacial score (nSPS) is 18.1. The summed E-state index contributed by atoms with van der Waals surface area (Å²) in [7, 11) is 0. The van der Waals surface area contributed by atoms with Gasteiger partial charge in [0.25, 0.3) is 0 Å². The Hall–Kier alpha value is -2.82. The Labute approximate surface area is 123 Å². The molecule has 0 fully saturated rings. The van der Waals surface area contributed by atoms with Gasteiger partial charge in [-0.15, -0.1) is 0 Å². The molecule has 106 valence electrons. The number of hydrogen-bond acceptors (Lipinski definition) is 5. The lowest BCUT2D eigenvalue weighted by Gasteiger charge is -2.32. The van der Waals surface area contributed by atoms with Gasteiger partial charge < -0.3 is 11.5 Å². The van der Waals surface area contributed by atoms with Crippen LogP contribution in [-0.4, -0.2) is 11.9 Å². The van der Waals surface area contributed by atoms with Crippen LogP contribution < -0.4 is 16.4 Å². The highest BCUT2D eigenvalue weighted by Crippen LogP contribution is 2.30. The Morgan fingerprint density at radius 1 is 0.952 bits per heavy atom. The van der Waals surface area contributed by atoms with Crippen molar-refractivity contribution < 1.29 is 0 Å². The Kier molecular flexibility index (Phi) is 3.31. The van der Waals surface area contributed by atoms with Gasteiger partial charge in [-0.1, -0.05) is 48.0 Å². The molecule has 1 atom stereocenters. The number of anilines is 1. The minimum absolute atomic E-state index is 0.199. The molecule has 2 aromatic rings. The molecule has 4 N–H and O–H groups in total. The van der Waals surface area contributed by atoms with E-state index < -0.39 is 0 Å². The molecule has 0 saturated heterocycles. The maximum Gasteiger partial charge on any atom is 0.221 e. The van der Waals surface area contributed by atoms with Gasteiger partial charge in [0.05, 0.1) is 0 Å². The first-order valence-corrected chi connectivity index (χ1v) is 6.73. The summed E-state index contributed by atoms with van der Waals surface area (Å²) in [6, 6.07) is 18.0. The van der Waals surface area contributed by atoms with Crippen LogP contribution in [0.5, 0.6) is 0 Å². The molecule has 0 spiro atoms. The average molecular weight is 279 g/mol. The molecular weight excluding hydrogens is 262 g/mol. The first kappa shape index (κ1) is 13.2. The van der Waals surface area contributed by atoms with E-state index in [0.717, 1.165) is 11.3 Å². The van der Waals surface area contributed by atoms with E-state index in [1.807, 2.05) is 66.4 Å². The molecule has 0 radical (unpaired) electrons. The van der Waals surface area contributed by atoms with Gasteiger partial charge >= 0.3 is 0 Å². The maximum atomic E-state index is 6.08. The van der Waals surface area contributed by atoms with Crippen LogP contribution in [0, 0.1) is 6.92 Å². The minimum Gasteiger partial charge on any atom is -0.369 e. The highest BCUT2D eigenvalue weighted by Gasteiger charge is 2.27. The van der Waals surface area contributed by atoms with Gasteiger partial charge in [0.15, 0.2) is 6.17 Å². The smallest absolute Gasteiger partial charge is 0.221 e. The van der Waals surface area contributed by atoms with Crippen molar-refractivity contribution in [2.24, 2.45) is 21.5 Å². The molecular formula is C16H17N5. The second-order valence-corrected chi connectivity index (χ2v) is 4.95. The molecule has 0 unspecified atom stereocenters. The molecule has 21 heavy (non-hydrogen) atoms. The van der Waals surface area contributed by atoms with E-state index in [9.17, 15) is 0 Å². The van der Waals surface area contributed by atoms with Crippen molar-refractivity contribution in [3.05, 3.63) is 65.7 Å². The summed E-state index contributed by atoms with van der Waals surface area (Å²) in [5.74, 6) is 0.546. The summed E-state index contributed by atoms with van der Waals surface area (Å²) in [6.07, 6.45) is -0.300. The molecule has 0 aromatic heterocycles. The van der Waals surface area contributed by atoms with Crippen molar-refractivity contribution in [2.75, 3.05) is 4.90 Å². The number of aryl methyl sites for hydroxylation is 1. The summed E-state index contributed by atoms with van der Waals surface area (Å²) in [4.78, 5) is 10.4. The first-order valence-electron chi connectivity index (χ1n) is 6.73. The Bertz CT molecular complexity index is 688. The highest BCUT2D eigenvalue weighted by molar-refractivity contribution is 6.04. The third kappa shape index (κ3) is 2.58. The zero-order chi connectivity index (χ0) is 14.8. The van der Waals surface area contributed by atoms with E-state index in [-0.39, 0.29) is 12.1 Å². The average Bonchev–Trinajstić information content (AvgIpc) is 2.49. The summed E-state index contributed by atoms with van der Waals surface area (Å²) < 4.78 is 0. The van der Waals surface area contributed by atoms with E-state index in [4.69, 9.17) is 11.5 Å². The van der Waals surface area contributed by atoms with E-state index in [1.165, 1.54) is 5.56 Å². The lowest BCUT2D eigenvalue weighted by Crippen LogP contribution is -2.44. The monoisotopic (exact) mass is 279 g/mol. The van der Waals surface area contributed by atoms with Crippen LogP contribution in [0.25, 0.3) is 0 Å². The molecule has 1 heterocycles. The quantitative estimate of drug-likeness (QED) is 0.883. The number of guanidine groups is 2. The van der Waals surface area contributed by atoms with Crippen LogP contribution in [0.3, 0.4) is 0 Å². The topological polar surface area (TPSA) is 80.0 Å². The Balaban J connectivity index is 2.07. The molecule has 0 aliphatic carbocycles. The van der Waals surface area contributed by atoms with Gasteiger partial charge in [0.2, 0.25) is 11.9 Å². The predicted octanol–water partition coefficient (Wildman–Crippen LogP) is 2.14. The standard InChI is InChI=1S/C16H17N5/c1-11-7-9-13(10-8-11)21-14(12-5-3-2-4-6-12)19-15(17)20-16(21)18/h2-10,14H,1H3,(H4,17,18,19,20)/t14-/m1/s1. The molecule has 0 amide bonds. The van der Waals surface area contributed by atoms with Gasteiger partial charge in [0, 0.05) is 5.69 Å². The lowest BCUT2D eigenvalue weighted by atomic mass is 10.1. The van der Waals surface area contributed by atoms with Gasteiger partial charge in [-0.25, -0.2) is 4.99 Å². The van der Waals surface area contributed by atoms with Crippen molar-refractivity contribution in [1.82, 2.24) is 0 Å². The van der Waals surface area contributed by atoms with Gasteiger partial charge in [-0.3, -0.25) is 4.90 Å². The summed E-state index contributed by atoms with van der Waals surface area (Å²) in [6.45, 7) is 2.04. The fourth-order valence-electron chi connectivity index (χ4n) is 2.34. The fraction of sp³-hybridized carbons (Fsp3) is 0.125. The number of nitrogens with zero attached hydrogens (tertiary/aromatic N) is 3. The molecule has 5 nitrogen and oxygen atoms in total. The van der Waals surface area contributed by atoms with Crippen molar-refractivity contribution in [2.45, 2.75) is 13.1 Å². The Morgan fingerprint density at radius 2 is 1.62 bits per heavy atom.